The fourth-order valence-corrected chi connectivity index (χ4v) is 3.80. The van der Waals surface area contributed by atoms with E-state index in [0.29, 0.717) is 21.7 Å². The van der Waals surface area contributed by atoms with E-state index in [9.17, 15) is 4.79 Å². The number of likely N-dealkylation sites (tertiary alicyclic amines) is 1. The van der Waals surface area contributed by atoms with E-state index in [-0.39, 0.29) is 5.91 Å². The minimum Gasteiger partial charge on any atom is -0.354 e. The number of anilines is 2. The highest BCUT2D eigenvalue weighted by Crippen LogP contribution is 2.26. The molecule has 1 aromatic carbocycles. The summed E-state index contributed by atoms with van der Waals surface area (Å²) in [6.45, 7) is 2.95. The Bertz CT molecular complexity index is 746. The van der Waals surface area contributed by atoms with Crippen LogP contribution in [0.3, 0.4) is 0 Å². The van der Waals surface area contributed by atoms with E-state index < -0.39 is 0 Å². The van der Waals surface area contributed by atoms with Gasteiger partial charge >= 0.3 is 0 Å². The highest BCUT2D eigenvalue weighted by molar-refractivity contribution is 6.35. The third kappa shape index (κ3) is 4.44. The second kappa shape index (κ2) is 8.07. The van der Waals surface area contributed by atoms with Gasteiger partial charge in [-0.2, -0.15) is 0 Å². The van der Waals surface area contributed by atoms with Gasteiger partial charge in [-0.25, -0.2) is 0 Å². The first kappa shape index (κ1) is 18.0. The van der Waals surface area contributed by atoms with E-state index >= 15 is 0 Å². The molecular formula is C19H21Cl2N3O. The molecule has 132 valence electrons. The number of nitrogens with one attached hydrogen (secondary N) is 1. The van der Waals surface area contributed by atoms with Gasteiger partial charge in [-0.1, -0.05) is 30.1 Å². The van der Waals surface area contributed by atoms with Crippen LogP contribution in [0.5, 0.6) is 0 Å². The predicted octanol–water partition coefficient (Wildman–Crippen LogP) is 5.54. The topological polar surface area (TPSA) is 45.2 Å². The van der Waals surface area contributed by atoms with Crippen molar-refractivity contribution in [3.63, 3.8) is 0 Å². The molecule has 0 spiro atoms. The summed E-state index contributed by atoms with van der Waals surface area (Å²) >= 11 is 12.1. The van der Waals surface area contributed by atoms with Gasteiger partial charge in [0.15, 0.2) is 0 Å². The van der Waals surface area contributed by atoms with Gasteiger partial charge in [-0.05, 0) is 49.9 Å². The Morgan fingerprint density at radius 3 is 2.64 bits per heavy atom. The van der Waals surface area contributed by atoms with Crippen LogP contribution in [-0.2, 0) is 0 Å². The Kier molecular flexibility index (Phi) is 5.82. The molecule has 1 fully saturated rings. The number of hydrogen-bond donors (Lipinski definition) is 1. The lowest BCUT2D eigenvalue weighted by atomic mass is 9.99. The first-order valence-corrected chi connectivity index (χ1v) is 9.31. The Morgan fingerprint density at radius 2 is 1.92 bits per heavy atom. The number of carbonyl (C=O) groups excluding carboxylic acids is 1. The van der Waals surface area contributed by atoms with E-state index in [1.54, 1.807) is 30.6 Å². The zero-order valence-corrected chi connectivity index (χ0v) is 15.6. The molecule has 0 aliphatic carbocycles. The molecule has 4 nitrogen and oxygen atoms in total. The van der Waals surface area contributed by atoms with Gasteiger partial charge in [0.1, 0.15) is 0 Å². The fraction of sp³-hybridized carbons (Fsp3) is 0.368. The Morgan fingerprint density at radius 1 is 1.16 bits per heavy atom. The number of aromatic nitrogens is 1. The van der Waals surface area contributed by atoms with Gasteiger partial charge < -0.3 is 10.2 Å². The van der Waals surface area contributed by atoms with E-state index in [1.807, 2.05) is 11.0 Å². The van der Waals surface area contributed by atoms with Crippen molar-refractivity contribution in [2.24, 2.45) is 0 Å². The molecule has 3 rings (SSSR count). The second-order valence-corrected chi connectivity index (χ2v) is 7.17. The molecule has 1 N–H and O–H groups in total. The summed E-state index contributed by atoms with van der Waals surface area (Å²) in [7, 11) is 0. The van der Waals surface area contributed by atoms with Crippen molar-refractivity contribution in [3.8, 4) is 0 Å². The SMILES string of the molecule is CCC1CCCCN1C(=O)c1cncc(Nc2cc(Cl)cc(Cl)c2)c1. The van der Waals surface area contributed by atoms with Gasteiger partial charge in [-0.15, -0.1) is 0 Å². The zero-order valence-electron chi connectivity index (χ0n) is 14.1. The maximum Gasteiger partial charge on any atom is 0.255 e. The number of amides is 1. The van der Waals surface area contributed by atoms with Gasteiger partial charge in [-0.3, -0.25) is 9.78 Å². The summed E-state index contributed by atoms with van der Waals surface area (Å²) in [5, 5.41) is 4.31. The number of rotatable bonds is 4. The summed E-state index contributed by atoms with van der Waals surface area (Å²) in [5.41, 5.74) is 2.08. The first-order chi connectivity index (χ1) is 12.1. The van der Waals surface area contributed by atoms with E-state index in [4.69, 9.17) is 23.2 Å². The summed E-state index contributed by atoms with van der Waals surface area (Å²) < 4.78 is 0. The van der Waals surface area contributed by atoms with Crippen LogP contribution in [-0.4, -0.2) is 28.4 Å². The molecule has 1 aliphatic heterocycles. The molecule has 1 aliphatic rings. The minimum absolute atomic E-state index is 0.0480. The maximum atomic E-state index is 12.9. The Labute approximate surface area is 158 Å². The standard InChI is InChI=1S/C19H21Cl2N3O/c1-2-18-5-3-4-6-24(18)19(25)13-7-17(12-22-11-13)23-16-9-14(20)8-15(21)10-16/h7-12,18,23H,2-6H2,1H3. The van der Waals surface area contributed by atoms with Crippen molar-refractivity contribution in [3.05, 3.63) is 52.3 Å². The van der Waals surface area contributed by atoms with Crippen molar-refractivity contribution >= 4 is 40.5 Å². The van der Waals surface area contributed by atoms with Gasteiger partial charge in [0.2, 0.25) is 0 Å². The highest BCUT2D eigenvalue weighted by Gasteiger charge is 2.26. The monoisotopic (exact) mass is 377 g/mol. The van der Waals surface area contributed by atoms with Crippen molar-refractivity contribution in [2.45, 2.75) is 38.6 Å². The van der Waals surface area contributed by atoms with Crippen molar-refractivity contribution in [2.75, 3.05) is 11.9 Å². The molecule has 1 atom stereocenters. The number of hydrogen-bond acceptors (Lipinski definition) is 3. The number of nitrogens with zero attached hydrogens (tertiary/aromatic N) is 2. The summed E-state index contributed by atoms with van der Waals surface area (Å²) in [5.74, 6) is 0.0480. The molecule has 2 aromatic rings. The number of carbonyl (C=O) groups is 1. The predicted molar refractivity (Wildman–Crippen MR) is 103 cm³/mol. The minimum atomic E-state index is 0.0480. The van der Waals surface area contributed by atoms with Crippen LogP contribution in [0.1, 0.15) is 43.0 Å². The van der Waals surface area contributed by atoms with Crippen LogP contribution >= 0.6 is 23.2 Å². The lowest BCUT2D eigenvalue weighted by molar-refractivity contribution is 0.0607. The molecule has 1 saturated heterocycles. The normalized spacial score (nSPS) is 17.4. The van der Waals surface area contributed by atoms with Gasteiger partial charge in [0.05, 0.1) is 17.4 Å². The number of piperidine rings is 1. The largest absolute Gasteiger partial charge is 0.354 e. The molecule has 1 aromatic heterocycles. The fourth-order valence-electron chi connectivity index (χ4n) is 3.28. The molecule has 0 radical (unpaired) electrons. The maximum absolute atomic E-state index is 12.9. The smallest absolute Gasteiger partial charge is 0.255 e. The van der Waals surface area contributed by atoms with Crippen LogP contribution in [0.25, 0.3) is 0 Å². The molecule has 0 bridgehead atoms. The number of pyridine rings is 1. The van der Waals surface area contributed by atoms with Crippen LogP contribution < -0.4 is 5.32 Å². The highest BCUT2D eigenvalue weighted by atomic mass is 35.5. The van der Waals surface area contributed by atoms with Gasteiger partial charge in [0.25, 0.3) is 5.91 Å². The molecular weight excluding hydrogens is 357 g/mol. The van der Waals surface area contributed by atoms with Crippen molar-refractivity contribution in [1.82, 2.24) is 9.88 Å². The van der Waals surface area contributed by atoms with Crippen LogP contribution in [0, 0.1) is 0 Å². The zero-order chi connectivity index (χ0) is 17.8. The van der Waals surface area contributed by atoms with Crippen LogP contribution in [0.4, 0.5) is 11.4 Å². The van der Waals surface area contributed by atoms with E-state index in [0.717, 1.165) is 37.2 Å². The van der Waals surface area contributed by atoms with Crippen LogP contribution in [0.15, 0.2) is 36.7 Å². The van der Waals surface area contributed by atoms with Crippen molar-refractivity contribution < 1.29 is 4.79 Å². The Balaban J connectivity index is 1.79. The number of benzene rings is 1. The lowest BCUT2D eigenvalue weighted by Gasteiger charge is -2.35. The summed E-state index contributed by atoms with van der Waals surface area (Å²) in [6.07, 6.45) is 7.62. The summed E-state index contributed by atoms with van der Waals surface area (Å²) in [4.78, 5) is 19.1. The third-order valence-electron chi connectivity index (χ3n) is 4.50. The van der Waals surface area contributed by atoms with E-state index in [2.05, 4.69) is 17.2 Å². The van der Waals surface area contributed by atoms with Crippen molar-refractivity contribution in [1.29, 1.82) is 0 Å². The third-order valence-corrected chi connectivity index (χ3v) is 4.93. The molecule has 1 amide bonds. The average molecular weight is 378 g/mol. The number of halogens is 2. The molecule has 1 unspecified atom stereocenters. The second-order valence-electron chi connectivity index (χ2n) is 6.30. The molecule has 6 heteroatoms. The quantitative estimate of drug-likeness (QED) is 0.760. The van der Waals surface area contributed by atoms with Gasteiger partial charge in [0, 0.05) is 34.5 Å². The molecule has 25 heavy (non-hydrogen) atoms. The first-order valence-electron chi connectivity index (χ1n) is 8.56. The summed E-state index contributed by atoms with van der Waals surface area (Å²) in [6, 6.07) is 7.38. The van der Waals surface area contributed by atoms with Crippen LogP contribution in [0.2, 0.25) is 10.0 Å². The Hall–Kier alpha value is -1.78. The molecule has 0 saturated carbocycles. The molecule has 2 heterocycles. The van der Waals surface area contributed by atoms with E-state index in [1.165, 1.54) is 6.42 Å². The average Bonchev–Trinajstić information content (AvgIpc) is 2.60. The lowest BCUT2D eigenvalue weighted by Crippen LogP contribution is -2.43.